The van der Waals surface area contributed by atoms with Crippen molar-refractivity contribution >= 4 is 42.8 Å². The van der Waals surface area contributed by atoms with Crippen molar-refractivity contribution in [3.63, 3.8) is 0 Å². The third-order valence-electron chi connectivity index (χ3n) is 2.80. The van der Waals surface area contributed by atoms with Crippen molar-refractivity contribution in [2.75, 3.05) is 13.2 Å². The summed E-state index contributed by atoms with van der Waals surface area (Å²) in [6.45, 7) is 1.16. The number of benzene rings is 1. The molecule has 18 heavy (non-hydrogen) atoms. The van der Waals surface area contributed by atoms with Crippen molar-refractivity contribution in [3.8, 4) is 0 Å². The number of nitro groups is 1. The van der Waals surface area contributed by atoms with E-state index >= 15 is 0 Å². The molecule has 1 saturated heterocycles. The van der Waals surface area contributed by atoms with Gasteiger partial charge in [-0.05, 0) is 0 Å². The third-order valence-corrected chi connectivity index (χ3v) is 6.79. The Morgan fingerprint density at radius 1 is 1.50 bits per heavy atom. The van der Waals surface area contributed by atoms with E-state index < -0.39 is 24.9 Å². The first kappa shape index (κ1) is 14.2. The summed E-state index contributed by atoms with van der Waals surface area (Å²) in [6.07, 6.45) is 0.464. The van der Waals surface area contributed by atoms with E-state index in [4.69, 9.17) is 9.47 Å². The van der Waals surface area contributed by atoms with Gasteiger partial charge in [-0.1, -0.05) is 0 Å². The van der Waals surface area contributed by atoms with Crippen LogP contribution in [0.1, 0.15) is 5.56 Å². The maximum atomic E-state index is 11.0. The Morgan fingerprint density at radius 3 is 2.72 bits per heavy atom. The summed E-state index contributed by atoms with van der Waals surface area (Å²) in [4.78, 5) is 12.8. The van der Waals surface area contributed by atoms with Gasteiger partial charge in [0.2, 0.25) is 0 Å². The second-order valence-corrected chi connectivity index (χ2v) is 8.42. The van der Waals surface area contributed by atoms with Gasteiger partial charge in [0, 0.05) is 0 Å². The Morgan fingerprint density at radius 2 is 2.17 bits per heavy atom. The van der Waals surface area contributed by atoms with Gasteiger partial charge in [-0.25, -0.2) is 0 Å². The normalized spacial score (nSPS) is 17.9. The molecule has 2 radical (unpaired) electrons. The molecule has 0 unspecified atom stereocenters. The number of hydrogen-bond acceptors (Lipinski definition) is 4. The molecule has 1 aromatic rings. The predicted molar refractivity (Wildman–Crippen MR) is 70.8 cm³/mol. The summed E-state index contributed by atoms with van der Waals surface area (Å²) in [7, 11) is 0. The summed E-state index contributed by atoms with van der Waals surface area (Å²) >= 11 is 2.47. The number of halogens is 1. The summed E-state index contributed by atoms with van der Waals surface area (Å²) in [5.41, 5.74) is 0.795. The molecule has 2 rings (SSSR count). The second kappa shape index (κ2) is 5.85. The Hall–Kier alpha value is -0.181. The molecule has 1 aliphatic rings. The van der Waals surface area contributed by atoms with Gasteiger partial charge in [0.05, 0.1) is 0 Å². The van der Waals surface area contributed by atoms with Crippen LogP contribution in [-0.2, 0) is 15.9 Å². The first-order chi connectivity index (χ1) is 8.56. The van der Waals surface area contributed by atoms with Gasteiger partial charge in [-0.3, -0.25) is 0 Å². The third kappa shape index (κ3) is 3.04. The molecule has 0 spiro atoms. The van der Waals surface area contributed by atoms with Crippen LogP contribution in [0, 0.1) is 10.1 Å². The van der Waals surface area contributed by atoms with Crippen LogP contribution in [0.2, 0.25) is 4.94 Å². The molecule has 5 nitrogen and oxygen atoms in total. The standard InChI is InChI=1S/C10H9BrNO4.CH3.Sn/c11-8-1-2-9(12(13)14)7(5-8)6-10-15-3-4-16-10;;/h1-2,5H,3-4,6H2;1H3;. The van der Waals surface area contributed by atoms with Crippen LogP contribution < -0.4 is 0 Å². The van der Waals surface area contributed by atoms with Crippen molar-refractivity contribution < 1.29 is 14.4 Å². The molecule has 0 aromatic heterocycles. The number of rotatable bonds is 4. The molecule has 0 aliphatic carbocycles. The zero-order chi connectivity index (χ0) is 13.2. The number of nitrogens with zero attached hydrogens (tertiary/aromatic N) is 1. The topological polar surface area (TPSA) is 61.6 Å². The molecule has 0 amide bonds. The fraction of sp³-hybridized carbons (Fsp3) is 0.455. The summed E-state index contributed by atoms with van der Waals surface area (Å²) in [5, 5.41) is 11.0. The van der Waals surface area contributed by atoms with Crippen LogP contribution in [0.3, 0.4) is 0 Å². The van der Waals surface area contributed by atoms with Crippen LogP contribution in [0.25, 0.3) is 0 Å². The van der Waals surface area contributed by atoms with E-state index in [0.717, 1.165) is 4.47 Å². The Labute approximate surface area is 123 Å². The molecule has 1 fully saturated rings. The minimum absolute atomic E-state index is 0.129. The number of hydrogen-bond donors (Lipinski definition) is 0. The van der Waals surface area contributed by atoms with E-state index in [1.54, 1.807) is 12.1 Å². The van der Waals surface area contributed by atoms with Gasteiger partial charge in [0.25, 0.3) is 0 Å². The van der Waals surface area contributed by atoms with E-state index in [0.29, 0.717) is 25.2 Å². The van der Waals surface area contributed by atoms with E-state index in [2.05, 4.69) is 20.9 Å². The first-order valence-electron chi connectivity index (χ1n) is 5.46. The van der Waals surface area contributed by atoms with Crippen LogP contribution in [-0.4, -0.2) is 43.1 Å². The molecule has 1 aromatic carbocycles. The van der Waals surface area contributed by atoms with Crippen LogP contribution in [0.5, 0.6) is 0 Å². The molecule has 0 atom stereocenters. The number of nitro benzene ring substituents is 1. The quantitative estimate of drug-likeness (QED) is 0.426. The van der Waals surface area contributed by atoms with Crippen molar-refractivity contribution in [2.45, 2.75) is 15.2 Å². The van der Waals surface area contributed by atoms with Crippen LogP contribution >= 0.6 is 15.9 Å². The van der Waals surface area contributed by atoms with Crippen molar-refractivity contribution in [1.82, 2.24) is 0 Å². The fourth-order valence-corrected chi connectivity index (χ4v) is 4.78. The number of ether oxygens (including phenoxy) is 2. The molecule has 1 aliphatic heterocycles. The second-order valence-electron chi connectivity index (χ2n) is 3.91. The van der Waals surface area contributed by atoms with Crippen LogP contribution in [0.15, 0.2) is 22.7 Å². The van der Waals surface area contributed by atoms with E-state index in [1.165, 1.54) is 6.07 Å². The molecule has 0 N–H and O–H groups in total. The molecule has 7 heteroatoms. The zero-order valence-corrected chi connectivity index (χ0v) is 14.3. The Kier molecular flexibility index (Phi) is 4.63. The Bertz CT molecular complexity index is 462. The minimum atomic E-state index is -0.877. The fourth-order valence-electron chi connectivity index (χ4n) is 1.91. The maximum absolute atomic E-state index is 11.0. The molecule has 1 heterocycles. The average Bonchev–Trinajstić information content (AvgIpc) is 2.78. The van der Waals surface area contributed by atoms with Gasteiger partial charge in [0.1, 0.15) is 0 Å². The monoisotopic (exact) mass is 421 g/mol. The average molecular weight is 421 g/mol. The van der Waals surface area contributed by atoms with E-state index in [9.17, 15) is 10.1 Å². The van der Waals surface area contributed by atoms with Crippen molar-refractivity contribution in [3.05, 3.63) is 38.3 Å². The molecule has 96 valence electrons. The molecule has 0 bridgehead atoms. The van der Waals surface area contributed by atoms with Crippen molar-refractivity contribution in [1.29, 1.82) is 0 Å². The summed E-state index contributed by atoms with van der Waals surface area (Å²) in [6, 6.07) is 4.97. The molecular weight excluding hydrogens is 409 g/mol. The molecular formula is C11H12BrNO4Sn. The molecule has 0 saturated carbocycles. The van der Waals surface area contributed by atoms with Crippen LogP contribution in [0.4, 0.5) is 5.69 Å². The van der Waals surface area contributed by atoms with Gasteiger partial charge >= 0.3 is 124 Å². The van der Waals surface area contributed by atoms with Crippen molar-refractivity contribution in [2.24, 2.45) is 0 Å². The summed E-state index contributed by atoms with van der Waals surface area (Å²) < 4.78 is 11.7. The predicted octanol–water partition coefficient (Wildman–Crippen LogP) is 2.35. The SMILES string of the molecule is [CH3][Sn][C]1(Cc2cc(Br)ccc2[N+](=O)[O-])OCCO1. The Balaban J connectivity index is 2.32. The van der Waals surface area contributed by atoms with E-state index in [1.807, 2.05) is 0 Å². The van der Waals surface area contributed by atoms with E-state index in [-0.39, 0.29) is 10.6 Å². The zero-order valence-electron chi connectivity index (χ0n) is 9.81. The first-order valence-corrected chi connectivity index (χ1v) is 10.5. The van der Waals surface area contributed by atoms with Gasteiger partial charge in [-0.15, -0.1) is 0 Å². The summed E-state index contributed by atoms with van der Waals surface area (Å²) in [5.74, 6) is 0. The van der Waals surface area contributed by atoms with Gasteiger partial charge in [0.15, 0.2) is 0 Å². The van der Waals surface area contributed by atoms with Gasteiger partial charge in [-0.2, -0.15) is 0 Å². The van der Waals surface area contributed by atoms with Gasteiger partial charge < -0.3 is 0 Å².